The Kier molecular flexibility index (Phi) is 6.39. The van der Waals surface area contributed by atoms with Gasteiger partial charge in [0.1, 0.15) is 0 Å². The average molecular weight is 392 g/mol. The Balaban J connectivity index is 1.92. The second kappa shape index (κ2) is 9.14. The van der Waals surface area contributed by atoms with Gasteiger partial charge in [-0.15, -0.1) is 0 Å². The molecule has 7 heteroatoms. The highest BCUT2D eigenvalue weighted by molar-refractivity contribution is 5.87. The van der Waals surface area contributed by atoms with Crippen LogP contribution in [0.25, 0.3) is 5.69 Å². The van der Waals surface area contributed by atoms with Crippen LogP contribution in [0.15, 0.2) is 54.9 Å². The van der Waals surface area contributed by atoms with Crippen molar-refractivity contribution in [1.82, 2.24) is 20.1 Å². The van der Waals surface area contributed by atoms with Crippen LogP contribution in [-0.4, -0.2) is 33.2 Å². The van der Waals surface area contributed by atoms with Gasteiger partial charge in [-0.2, -0.15) is 5.10 Å². The lowest BCUT2D eigenvalue weighted by atomic mass is 10.0. The van der Waals surface area contributed by atoms with Gasteiger partial charge in [-0.05, 0) is 44.5 Å². The van der Waals surface area contributed by atoms with Gasteiger partial charge in [-0.1, -0.05) is 24.3 Å². The largest absolute Gasteiger partial charge is 0.464 e. The van der Waals surface area contributed by atoms with E-state index >= 15 is 0 Å². The molecule has 1 N–H and O–H groups in total. The lowest BCUT2D eigenvalue weighted by molar-refractivity contribution is -0.147. The van der Waals surface area contributed by atoms with Crippen LogP contribution in [0.5, 0.6) is 0 Å². The molecule has 0 bridgehead atoms. The molecular formula is C22H24N4O3. The summed E-state index contributed by atoms with van der Waals surface area (Å²) in [5, 5.41) is 7.40. The van der Waals surface area contributed by atoms with Crippen LogP contribution in [0, 0.1) is 13.8 Å². The lowest BCUT2D eigenvalue weighted by Gasteiger charge is -2.18. The minimum atomic E-state index is -0.934. The molecule has 1 aromatic carbocycles. The van der Waals surface area contributed by atoms with Crippen molar-refractivity contribution in [2.24, 2.45) is 0 Å². The van der Waals surface area contributed by atoms with E-state index < -0.39 is 12.0 Å². The van der Waals surface area contributed by atoms with Gasteiger partial charge >= 0.3 is 5.97 Å². The van der Waals surface area contributed by atoms with Crippen molar-refractivity contribution in [3.05, 3.63) is 77.4 Å². The van der Waals surface area contributed by atoms with Crippen LogP contribution in [-0.2, 0) is 20.7 Å². The first kappa shape index (κ1) is 20.3. The smallest absolute Gasteiger partial charge is 0.333 e. The van der Waals surface area contributed by atoms with E-state index in [1.807, 2.05) is 50.2 Å². The van der Waals surface area contributed by atoms with Crippen molar-refractivity contribution in [1.29, 1.82) is 0 Å². The molecule has 0 aliphatic heterocycles. The van der Waals surface area contributed by atoms with Gasteiger partial charge in [0.05, 0.1) is 24.4 Å². The quantitative estimate of drug-likeness (QED) is 0.625. The fraction of sp³-hybridized carbons (Fsp3) is 0.273. The predicted molar refractivity (Wildman–Crippen MR) is 108 cm³/mol. The third-order valence-corrected chi connectivity index (χ3v) is 4.55. The number of hydrogen-bond donors (Lipinski definition) is 1. The van der Waals surface area contributed by atoms with Crippen LogP contribution in [0.2, 0.25) is 0 Å². The predicted octanol–water partition coefficient (Wildman–Crippen LogP) is 2.85. The van der Waals surface area contributed by atoms with Crippen molar-refractivity contribution in [2.75, 3.05) is 6.61 Å². The van der Waals surface area contributed by atoms with E-state index in [1.54, 1.807) is 30.1 Å². The molecule has 150 valence electrons. The highest BCUT2D eigenvalue weighted by atomic mass is 16.5. The molecule has 7 nitrogen and oxygen atoms in total. The van der Waals surface area contributed by atoms with E-state index in [-0.39, 0.29) is 18.9 Å². The van der Waals surface area contributed by atoms with E-state index in [0.29, 0.717) is 11.3 Å². The Morgan fingerprint density at radius 2 is 1.90 bits per heavy atom. The zero-order chi connectivity index (χ0) is 20.8. The number of pyridine rings is 1. The minimum Gasteiger partial charge on any atom is -0.464 e. The molecule has 3 aromatic rings. The first-order valence-electron chi connectivity index (χ1n) is 9.47. The van der Waals surface area contributed by atoms with Gasteiger partial charge in [0, 0.05) is 23.7 Å². The summed E-state index contributed by atoms with van der Waals surface area (Å²) in [5.41, 5.74) is 3.72. The van der Waals surface area contributed by atoms with E-state index in [1.165, 1.54) is 0 Å². The van der Waals surface area contributed by atoms with Gasteiger partial charge < -0.3 is 10.1 Å². The fourth-order valence-corrected chi connectivity index (χ4v) is 3.27. The summed E-state index contributed by atoms with van der Waals surface area (Å²) in [4.78, 5) is 29.3. The number of rotatable bonds is 7. The van der Waals surface area contributed by atoms with Crippen LogP contribution in [0.4, 0.5) is 0 Å². The van der Waals surface area contributed by atoms with Gasteiger partial charge in [0.15, 0.2) is 6.04 Å². The zero-order valence-electron chi connectivity index (χ0n) is 16.8. The number of aromatic nitrogens is 3. The molecular weight excluding hydrogens is 368 g/mol. The molecule has 0 unspecified atom stereocenters. The van der Waals surface area contributed by atoms with E-state index in [4.69, 9.17) is 4.74 Å². The van der Waals surface area contributed by atoms with Crippen LogP contribution in [0.3, 0.4) is 0 Å². The number of hydrogen-bond acceptors (Lipinski definition) is 5. The summed E-state index contributed by atoms with van der Waals surface area (Å²) < 4.78 is 7.00. The highest BCUT2D eigenvalue weighted by Crippen LogP contribution is 2.25. The molecule has 29 heavy (non-hydrogen) atoms. The topological polar surface area (TPSA) is 86.1 Å². The third-order valence-electron chi connectivity index (χ3n) is 4.55. The lowest BCUT2D eigenvalue weighted by Crippen LogP contribution is -2.36. The van der Waals surface area contributed by atoms with Crippen molar-refractivity contribution in [2.45, 2.75) is 33.2 Å². The Bertz CT molecular complexity index is 984. The molecule has 0 saturated carbocycles. The number of amides is 1. The van der Waals surface area contributed by atoms with Gasteiger partial charge in [0.2, 0.25) is 5.91 Å². The highest BCUT2D eigenvalue weighted by Gasteiger charge is 2.30. The number of ether oxygens (including phenoxy) is 1. The maximum absolute atomic E-state index is 12.7. The normalized spacial score (nSPS) is 11.7. The van der Waals surface area contributed by atoms with Crippen LogP contribution < -0.4 is 5.32 Å². The Hall–Kier alpha value is -3.48. The van der Waals surface area contributed by atoms with E-state index in [2.05, 4.69) is 15.4 Å². The molecule has 0 aliphatic carbocycles. The molecule has 3 rings (SSSR count). The number of para-hydroxylation sites is 1. The number of nitrogens with one attached hydrogen (secondary N) is 1. The molecule has 0 aliphatic rings. The Morgan fingerprint density at radius 3 is 2.55 bits per heavy atom. The second-order valence-electron chi connectivity index (χ2n) is 6.62. The zero-order valence-corrected chi connectivity index (χ0v) is 16.8. The van der Waals surface area contributed by atoms with Crippen LogP contribution >= 0.6 is 0 Å². The molecule has 2 heterocycles. The minimum absolute atomic E-state index is 0.120. The third kappa shape index (κ3) is 4.68. The second-order valence-corrected chi connectivity index (χ2v) is 6.62. The molecule has 0 radical (unpaired) electrons. The van der Waals surface area contributed by atoms with E-state index in [0.717, 1.165) is 16.9 Å². The number of carbonyl (C=O) groups excluding carboxylic acids is 2. The average Bonchev–Trinajstić information content (AvgIpc) is 3.02. The molecule has 0 saturated heterocycles. The van der Waals surface area contributed by atoms with Gasteiger partial charge in [-0.3, -0.25) is 9.78 Å². The van der Waals surface area contributed by atoms with Crippen molar-refractivity contribution < 1.29 is 14.3 Å². The summed E-state index contributed by atoms with van der Waals surface area (Å²) in [6.07, 6.45) is 3.39. The number of aryl methyl sites for hydroxylation is 1. The first-order chi connectivity index (χ1) is 14.0. The SMILES string of the molecule is CCOC(=O)[C@@H](NC(=O)Cc1cccnc1)c1c(C)nn(-c2ccccc2)c1C. The fourth-order valence-electron chi connectivity index (χ4n) is 3.27. The standard InChI is InChI=1S/C22H24N4O3/c1-4-29-22(28)21(24-19(27)13-17-9-8-12-23-14-17)20-15(2)25-26(16(20)3)18-10-6-5-7-11-18/h5-12,14,21H,4,13H2,1-3H3,(H,24,27)/t21-/m0/s1. The molecule has 2 aromatic heterocycles. The van der Waals surface area contributed by atoms with Gasteiger partial charge in [-0.25, -0.2) is 9.48 Å². The number of nitrogens with zero attached hydrogens (tertiary/aromatic N) is 3. The summed E-state index contributed by atoms with van der Waals surface area (Å²) in [7, 11) is 0. The maximum atomic E-state index is 12.7. The van der Waals surface area contributed by atoms with Crippen molar-refractivity contribution >= 4 is 11.9 Å². The number of benzene rings is 1. The summed E-state index contributed by atoms with van der Waals surface area (Å²) >= 11 is 0. The maximum Gasteiger partial charge on any atom is 0.333 e. The number of esters is 1. The summed E-state index contributed by atoms with van der Waals surface area (Å²) in [5.74, 6) is -0.798. The summed E-state index contributed by atoms with van der Waals surface area (Å²) in [6, 6.07) is 12.3. The Labute approximate surface area is 169 Å². The van der Waals surface area contributed by atoms with Crippen LogP contribution in [0.1, 0.15) is 35.5 Å². The summed E-state index contributed by atoms with van der Waals surface area (Å²) in [6.45, 7) is 5.65. The molecule has 1 atom stereocenters. The molecule has 0 spiro atoms. The molecule has 0 fully saturated rings. The van der Waals surface area contributed by atoms with Crippen molar-refractivity contribution in [3.63, 3.8) is 0 Å². The van der Waals surface area contributed by atoms with E-state index in [9.17, 15) is 9.59 Å². The molecule has 1 amide bonds. The monoisotopic (exact) mass is 392 g/mol. The first-order valence-corrected chi connectivity index (χ1v) is 9.47. The number of carbonyl (C=O) groups is 2. The van der Waals surface area contributed by atoms with Gasteiger partial charge in [0.25, 0.3) is 0 Å². The Morgan fingerprint density at radius 1 is 1.14 bits per heavy atom. The van der Waals surface area contributed by atoms with Crippen molar-refractivity contribution in [3.8, 4) is 5.69 Å².